The van der Waals surface area contributed by atoms with Gasteiger partial charge in [-0.05, 0) is 56.7 Å². The summed E-state index contributed by atoms with van der Waals surface area (Å²) in [7, 11) is 0. The number of esters is 1. The van der Waals surface area contributed by atoms with Crippen LogP contribution in [0.3, 0.4) is 0 Å². The zero-order valence-corrected chi connectivity index (χ0v) is 15.1. The van der Waals surface area contributed by atoms with Crippen LogP contribution < -0.4 is 10.1 Å². The van der Waals surface area contributed by atoms with Crippen molar-refractivity contribution in [2.75, 3.05) is 11.9 Å². The lowest BCUT2D eigenvalue weighted by molar-refractivity contribution is -0.150. The Labute approximate surface area is 151 Å². The zero-order chi connectivity index (χ0) is 18.4. The average Bonchev–Trinajstić information content (AvgIpc) is 2.58. The van der Waals surface area contributed by atoms with E-state index in [0.29, 0.717) is 28.6 Å². The minimum Gasteiger partial charge on any atom is -0.479 e. The molecule has 0 saturated heterocycles. The number of aryl methyl sites for hydroxylation is 1. The lowest BCUT2D eigenvalue weighted by Crippen LogP contribution is -2.26. The Bertz CT molecular complexity index is 759. The van der Waals surface area contributed by atoms with Crippen molar-refractivity contribution < 1.29 is 19.1 Å². The van der Waals surface area contributed by atoms with Gasteiger partial charge in [0.05, 0.1) is 6.61 Å². The molecule has 0 bridgehead atoms. The molecule has 0 fully saturated rings. The minimum absolute atomic E-state index is 0.254. The van der Waals surface area contributed by atoms with Crippen molar-refractivity contribution in [3.05, 3.63) is 58.6 Å². The van der Waals surface area contributed by atoms with E-state index in [2.05, 4.69) is 5.32 Å². The number of halogens is 1. The van der Waals surface area contributed by atoms with Crippen molar-refractivity contribution in [2.24, 2.45) is 0 Å². The molecular formula is C19H20ClNO4. The lowest BCUT2D eigenvalue weighted by atomic mass is 10.1. The van der Waals surface area contributed by atoms with Crippen LogP contribution in [0.4, 0.5) is 5.69 Å². The summed E-state index contributed by atoms with van der Waals surface area (Å²) in [5.74, 6) is -0.220. The van der Waals surface area contributed by atoms with Gasteiger partial charge in [-0.1, -0.05) is 17.7 Å². The van der Waals surface area contributed by atoms with Gasteiger partial charge in [-0.25, -0.2) is 4.79 Å². The average molecular weight is 362 g/mol. The Morgan fingerprint density at radius 3 is 2.48 bits per heavy atom. The SMILES string of the molecule is CCOC(=O)[C@@H](C)Oc1ccc(C)c(NC(=O)c2ccc(Cl)cc2)c1. The molecule has 25 heavy (non-hydrogen) atoms. The number of anilines is 1. The maximum Gasteiger partial charge on any atom is 0.347 e. The highest BCUT2D eigenvalue weighted by Crippen LogP contribution is 2.24. The van der Waals surface area contributed by atoms with E-state index in [4.69, 9.17) is 21.1 Å². The molecule has 2 aromatic carbocycles. The van der Waals surface area contributed by atoms with E-state index in [1.54, 1.807) is 50.2 Å². The Hall–Kier alpha value is -2.53. The molecule has 0 heterocycles. The molecule has 0 saturated carbocycles. The summed E-state index contributed by atoms with van der Waals surface area (Å²) in [4.78, 5) is 24.0. The summed E-state index contributed by atoms with van der Waals surface area (Å²) in [6.45, 7) is 5.52. The second-order valence-electron chi connectivity index (χ2n) is 5.45. The highest BCUT2D eigenvalue weighted by molar-refractivity contribution is 6.30. The van der Waals surface area contributed by atoms with Gasteiger partial charge in [0.2, 0.25) is 0 Å². The molecule has 0 aliphatic heterocycles. The van der Waals surface area contributed by atoms with Crippen LogP contribution in [0.1, 0.15) is 29.8 Å². The summed E-state index contributed by atoms with van der Waals surface area (Å²) in [5.41, 5.74) is 1.97. The molecule has 5 nitrogen and oxygen atoms in total. The van der Waals surface area contributed by atoms with E-state index in [-0.39, 0.29) is 5.91 Å². The van der Waals surface area contributed by atoms with Crippen molar-refractivity contribution in [3.8, 4) is 5.75 Å². The predicted octanol–water partition coefficient (Wildman–Crippen LogP) is 4.23. The van der Waals surface area contributed by atoms with Crippen LogP contribution in [0, 0.1) is 6.92 Å². The number of carbonyl (C=O) groups excluding carboxylic acids is 2. The van der Waals surface area contributed by atoms with Gasteiger partial charge in [0.15, 0.2) is 6.10 Å². The van der Waals surface area contributed by atoms with E-state index >= 15 is 0 Å². The van der Waals surface area contributed by atoms with Gasteiger partial charge in [0.25, 0.3) is 5.91 Å². The number of amides is 1. The largest absolute Gasteiger partial charge is 0.479 e. The van der Waals surface area contributed by atoms with Gasteiger partial charge in [-0.2, -0.15) is 0 Å². The second-order valence-corrected chi connectivity index (χ2v) is 5.89. The summed E-state index contributed by atoms with van der Waals surface area (Å²) in [6, 6.07) is 11.8. The molecule has 0 radical (unpaired) electrons. The van der Waals surface area contributed by atoms with Crippen LogP contribution in [0.5, 0.6) is 5.75 Å². The highest BCUT2D eigenvalue weighted by Gasteiger charge is 2.16. The fraction of sp³-hybridized carbons (Fsp3) is 0.263. The second kappa shape index (κ2) is 8.53. The first-order valence-corrected chi connectivity index (χ1v) is 8.29. The van der Waals surface area contributed by atoms with E-state index in [1.807, 2.05) is 13.0 Å². The number of carbonyl (C=O) groups is 2. The molecule has 6 heteroatoms. The van der Waals surface area contributed by atoms with Gasteiger partial charge in [0.1, 0.15) is 5.75 Å². The maximum atomic E-state index is 12.3. The third-order valence-corrected chi connectivity index (χ3v) is 3.75. The third kappa shape index (κ3) is 5.22. The van der Waals surface area contributed by atoms with Gasteiger partial charge in [-0.15, -0.1) is 0 Å². The Morgan fingerprint density at radius 2 is 1.84 bits per heavy atom. The third-order valence-electron chi connectivity index (χ3n) is 3.50. The molecule has 0 unspecified atom stereocenters. The number of hydrogen-bond donors (Lipinski definition) is 1. The first-order chi connectivity index (χ1) is 11.9. The number of rotatable bonds is 6. The van der Waals surface area contributed by atoms with Crippen LogP contribution in [0.2, 0.25) is 5.02 Å². The Kier molecular flexibility index (Phi) is 6.42. The fourth-order valence-corrected chi connectivity index (χ4v) is 2.24. The van der Waals surface area contributed by atoms with Crippen LogP contribution in [-0.4, -0.2) is 24.6 Å². The highest BCUT2D eigenvalue weighted by atomic mass is 35.5. The van der Waals surface area contributed by atoms with Crippen molar-refractivity contribution in [2.45, 2.75) is 26.9 Å². The first-order valence-electron chi connectivity index (χ1n) is 7.91. The van der Waals surface area contributed by atoms with Crippen molar-refractivity contribution >= 4 is 29.2 Å². The zero-order valence-electron chi connectivity index (χ0n) is 14.3. The normalized spacial score (nSPS) is 11.5. The van der Waals surface area contributed by atoms with E-state index < -0.39 is 12.1 Å². The Balaban J connectivity index is 2.11. The molecule has 2 aromatic rings. The van der Waals surface area contributed by atoms with E-state index in [1.165, 1.54) is 0 Å². The van der Waals surface area contributed by atoms with E-state index in [9.17, 15) is 9.59 Å². The first kappa shape index (κ1) is 18.8. The molecule has 0 aliphatic carbocycles. The molecule has 2 rings (SSSR count). The van der Waals surface area contributed by atoms with Crippen LogP contribution in [0.25, 0.3) is 0 Å². The van der Waals surface area contributed by atoms with Gasteiger partial charge >= 0.3 is 5.97 Å². The summed E-state index contributed by atoms with van der Waals surface area (Å²) in [5, 5.41) is 3.40. The van der Waals surface area contributed by atoms with Crippen molar-refractivity contribution in [3.63, 3.8) is 0 Å². The molecule has 1 atom stereocenters. The topological polar surface area (TPSA) is 64.6 Å². The molecule has 132 valence electrons. The van der Waals surface area contributed by atoms with Gasteiger partial charge < -0.3 is 14.8 Å². The van der Waals surface area contributed by atoms with E-state index in [0.717, 1.165) is 5.56 Å². The Morgan fingerprint density at radius 1 is 1.16 bits per heavy atom. The standard InChI is InChI=1S/C19H20ClNO4/c1-4-24-19(23)13(3)25-16-10-5-12(2)17(11-16)21-18(22)14-6-8-15(20)9-7-14/h5-11,13H,4H2,1-3H3,(H,21,22)/t13-/m1/s1. The molecule has 0 spiro atoms. The maximum absolute atomic E-state index is 12.3. The summed E-state index contributed by atoms with van der Waals surface area (Å²) < 4.78 is 10.5. The number of ether oxygens (including phenoxy) is 2. The van der Waals surface area contributed by atoms with Crippen LogP contribution in [-0.2, 0) is 9.53 Å². The number of benzene rings is 2. The van der Waals surface area contributed by atoms with Crippen molar-refractivity contribution in [1.29, 1.82) is 0 Å². The molecule has 0 aliphatic rings. The quantitative estimate of drug-likeness (QED) is 0.782. The van der Waals surface area contributed by atoms with Crippen LogP contribution in [0.15, 0.2) is 42.5 Å². The molecule has 1 amide bonds. The molecular weight excluding hydrogens is 342 g/mol. The number of hydrogen-bond acceptors (Lipinski definition) is 4. The van der Waals surface area contributed by atoms with Gasteiger partial charge in [-0.3, -0.25) is 4.79 Å². The summed E-state index contributed by atoms with van der Waals surface area (Å²) >= 11 is 5.83. The number of nitrogens with one attached hydrogen (secondary N) is 1. The fourth-order valence-electron chi connectivity index (χ4n) is 2.12. The predicted molar refractivity (Wildman–Crippen MR) is 97.3 cm³/mol. The van der Waals surface area contributed by atoms with Gasteiger partial charge in [0, 0.05) is 22.3 Å². The summed E-state index contributed by atoms with van der Waals surface area (Å²) in [6.07, 6.45) is -0.734. The van der Waals surface area contributed by atoms with Crippen LogP contribution >= 0.6 is 11.6 Å². The van der Waals surface area contributed by atoms with Crippen molar-refractivity contribution in [1.82, 2.24) is 0 Å². The molecule has 1 N–H and O–H groups in total. The smallest absolute Gasteiger partial charge is 0.347 e. The lowest BCUT2D eigenvalue weighted by Gasteiger charge is -2.15. The molecule has 0 aromatic heterocycles. The minimum atomic E-state index is -0.734. The monoisotopic (exact) mass is 361 g/mol.